The second-order valence-electron chi connectivity index (χ2n) is 2.67. The van der Waals surface area contributed by atoms with Gasteiger partial charge in [-0.25, -0.2) is 0 Å². The molecule has 0 spiro atoms. The van der Waals surface area contributed by atoms with Gasteiger partial charge in [0.05, 0.1) is 6.54 Å². The molecule has 13 heavy (non-hydrogen) atoms. The summed E-state index contributed by atoms with van der Waals surface area (Å²) in [4.78, 5) is 11.4. The quantitative estimate of drug-likeness (QED) is 0.709. The fourth-order valence-corrected chi connectivity index (χ4v) is 0.996. The molecule has 0 saturated carbocycles. The maximum absolute atomic E-state index is 11.4. The van der Waals surface area contributed by atoms with E-state index in [0.717, 1.165) is 5.56 Å². The Balaban J connectivity index is 2.49. The summed E-state index contributed by atoms with van der Waals surface area (Å²) in [6.07, 6.45) is 3.62. The van der Waals surface area contributed by atoms with E-state index in [0.29, 0.717) is 6.54 Å². The van der Waals surface area contributed by atoms with Crippen LogP contribution >= 0.6 is 0 Å². The standard InChI is InChI=1S/C11H13NO/c1-2-8-12-9-11(13)10-6-4-3-5-7-10/h2-8,12H,9H2,1H3/b8-2+. The zero-order valence-electron chi connectivity index (χ0n) is 7.66. The zero-order valence-corrected chi connectivity index (χ0v) is 7.66. The lowest BCUT2D eigenvalue weighted by molar-refractivity contribution is 0.0995. The molecule has 0 radical (unpaired) electrons. The van der Waals surface area contributed by atoms with Crippen LogP contribution in [0.1, 0.15) is 17.3 Å². The second kappa shape index (κ2) is 5.14. The minimum atomic E-state index is 0.110. The highest BCUT2D eigenvalue weighted by molar-refractivity contribution is 5.97. The van der Waals surface area contributed by atoms with Gasteiger partial charge < -0.3 is 5.32 Å². The van der Waals surface area contributed by atoms with Gasteiger partial charge in [-0.3, -0.25) is 4.79 Å². The van der Waals surface area contributed by atoms with Crippen molar-refractivity contribution in [2.75, 3.05) is 6.54 Å². The number of carbonyl (C=O) groups is 1. The molecule has 0 bridgehead atoms. The third kappa shape index (κ3) is 3.11. The number of nitrogens with one attached hydrogen (secondary N) is 1. The number of rotatable bonds is 4. The van der Waals surface area contributed by atoms with Crippen LogP contribution < -0.4 is 5.32 Å². The third-order valence-corrected chi connectivity index (χ3v) is 1.64. The molecule has 0 aromatic heterocycles. The summed E-state index contributed by atoms with van der Waals surface area (Å²) in [5, 5.41) is 2.90. The van der Waals surface area contributed by atoms with Gasteiger partial charge in [0.15, 0.2) is 5.78 Å². The van der Waals surface area contributed by atoms with Crippen LogP contribution in [-0.2, 0) is 0 Å². The summed E-state index contributed by atoms with van der Waals surface area (Å²) in [5.41, 5.74) is 0.750. The highest BCUT2D eigenvalue weighted by Crippen LogP contribution is 1.98. The molecule has 1 N–H and O–H groups in total. The van der Waals surface area contributed by atoms with Crippen molar-refractivity contribution in [2.24, 2.45) is 0 Å². The van der Waals surface area contributed by atoms with Gasteiger partial charge in [-0.15, -0.1) is 0 Å². The molecule has 0 saturated heterocycles. The first-order valence-corrected chi connectivity index (χ1v) is 4.27. The molecule has 0 aliphatic heterocycles. The molecule has 2 heteroatoms. The van der Waals surface area contributed by atoms with Gasteiger partial charge in [-0.2, -0.15) is 0 Å². The average molecular weight is 175 g/mol. The Kier molecular flexibility index (Phi) is 3.76. The molecule has 2 nitrogen and oxygen atoms in total. The van der Waals surface area contributed by atoms with Crippen LogP contribution in [-0.4, -0.2) is 12.3 Å². The number of carbonyl (C=O) groups excluding carboxylic acids is 1. The van der Waals surface area contributed by atoms with Crippen molar-refractivity contribution in [1.29, 1.82) is 0 Å². The lowest BCUT2D eigenvalue weighted by Crippen LogP contribution is -2.17. The monoisotopic (exact) mass is 175 g/mol. The molecular formula is C11H13NO. The zero-order chi connectivity index (χ0) is 9.52. The Labute approximate surface area is 78.3 Å². The Morgan fingerprint density at radius 1 is 1.38 bits per heavy atom. The summed E-state index contributed by atoms with van der Waals surface area (Å²) < 4.78 is 0. The number of allylic oxidation sites excluding steroid dienone is 1. The largest absolute Gasteiger partial charge is 0.384 e. The van der Waals surface area contributed by atoms with E-state index in [2.05, 4.69) is 5.32 Å². The molecule has 0 aliphatic rings. The molecule has 1 rings (SSSR count). The van der Waals surface area contributed by atoms with Crippen LogP contribution in [0.4, 0.5) is 0 Å². The molecule has 68 valence electrons. The van der Waals surface area contributed by atoms with Crippen LogP contribution in [0, 0.1) is 0 Å². The first kappa shape index (κ1) is 9.52. The van der Waals surface area contributed by atoms with Crippen LogP contribution in [0.3, 0.4) is 0 Å². The van der Waals surface area contributed by atoms with Crippen molar-refractivity contribution in [2.45, 2.75) is 6.92 Å². The van der Waals surface area contributed by atoms with Crippen molar-refractivity contribution in [3.05, 3.63) is 48.2 Å². The first-order chi connectivity index (χ1) is 6.34. The van der Waals surface area contributed by atoms with Gasteiger partial charge in [0, 0.05) is 5.56 Å². The summed E-state index contributed by atoms with van der Waals surface area (Å²) >= 11 is 0. The van der Waals surface area contributed by atoms with E-state index in [1.54, 1.807) is 6.20 Å². The summed E-state index contributed by atoms with van der Waals surface area (Å²) in [6, 6.07) is 9.27. The van der Waals surface area contributed by atoms with Crippen molar-refractivity contribution in [1.82, 2.24) is 5.32 Å². The van der Waals surface area contributed by atoms with E-state index in [4.69, 9.17) is 0 Å². The van der Waals surface area contributed by atoms with Gasteiger partial charge in [-0.1, -0.05) is 36.4 Å². The molecule has 0 amide bonds. The Morgan fingerprint density at radius 3 is 2.69 bits per heavy atom. The van der Waals surface area contributed by atoms with E-state index in [1.807, 2.05) is 43.3 Å². The molecule has 0 atom stereocenters. The molecule has 0 heterocycles. The van der Waals surface area contributed by atoms with E-state index in [1.165, 1.54) is 0 Å². The normalized spacial score (nSPS) is 10.2. The summed E-state index contributed by atoms with van der Waals surface area (Å²) in [6.45, 7) is 2.26. The number of hydrogen-bond donors (Lipinski definition) is 1. The van der Waals surface area contributed by atoms with Gasteiger partial charge in [0.25, 0.3) is 0 Å². The second-order valence-corrected chi connectivity index (χ2v) is 2.67. The SMILES string of the molecule is C/C=C/NCC(=O)c1ccccc1. The number of Topliss-reactive ketones (excluding diaryl/α,β-unsaturated/α-hetero) is 1. The van der Waals surface area contributed by atoms with Gasteiger partial charge in [-0.05, 0) is 13.1 Å². The van der Waals surface area contributed by atoms with Crippen LogP contribution in [0.15, 0.2) is 42.6 Å². The van der Waals surface area contributed by atoms with Crippen LogP contribution in [0.5, 0.6) is 0 Å². The van der Waals surface area contributed by atoms with Crippen LogP contribution in [0.2, 0.25) is 0 Å². The third-order valence-electron chi connectivity index (χ3n) is 1.64. The minimum Gasteiger partial charge on any atom is -0.384 e. The molecule has 1 aromatic rings. The fourth-order valence-electron chi connectivity index (χ4n) is 0.996. The molecule has 0 aliphatic carbocycles. The van der Waals surface area contributed by atoms with Crippen molar-refractivity contribution in [3.63, 3.8) is 0 Å². The predicted molar refractivity (Wildman–Crippen MR) is 53.6 cm³/mol. The van der Waals surface area contributed by atoms with Gasteiger partial charge in [0.2, 0.25) is 0 Å². The molecular weight excluding hydrogens is 162 g/mol. The maximum Gasteiger partial charge on any atom is 0.181 e. The van der Waals surface area contributed by atoms with Crippen molar-refractivity contribution >= 4 is 5.78 Å². The first-order valence-electron chi connectivity index (χ1n) is 4.27. The minimum absolute atomic E-state index is 0.110. The molecule has 0 unspecified atom stereocenters. The molecule has 0 fully saturated rings. The van der Waals surface area contributed by atoms with Crippen LogP contribution in [0.25, 0.3) is 0 Å². The fraction of sp³-hybridized carbons (Fsp3) is 0.182. The van der Waals surface area contributed by atoms with Crippen molar-refractivity contribution < 1.29 is 4.79 Å². The number of ketones is 1. The Morgan fingerprint density at radius 2 is 2.08 bits per heavy atom. The maximum atomic E-state index is 11.4. The van der Waals surface area contributed by atoms with Crippen molar-refractivity contribution in [3.8, 4) is 0 Å². The van der Waals surface area contributed by atoms with Gasteiger partial charge in [0.1, 0.15) is 0 Å². The number of hydrogen-bond acceptors (Lipinski definition) is 2. The van der Waals surface area contributed by atoms with E-state index in [9.17, 15) is 4.79 Å². The summed E-state index contributed by atoms with van der Waals surface area (Å²) in [7, 11) is 0. The van der Waals surface area contributed by atoms with E-state index in [-0.39, 0.29) is 5.78 Å². The highest BCUT2D eigenvalue weighted by Gasteiger charge is 2.01. The predicted octanol–water partition coefficient (Wildman–Crippen LogP) is 1.99. The van der Waals surface area contributed by atoms with Gasteiger partial charge >= 0.3 is 0 Å². The molecule has 1 aromatic carbocycles. The smallest absolute Gasteiger partial charge is 0.181 e. The highest BCUT2D eigenvalue weighted by atomic mass is 16.1. The van der Waals surface area contributed by atoms with E-state index < -0.39 is 0 Å². The number of benzene rings is 1. The lowest BCUT2D eigenvalue weighted by Gasteiger charge is -1.99. The summed E-state index contributed by atoms with van der Waals surface area (Å²) in [5.74, 6) is 0.110. The van der Waals surface area contributed by atoms with E-state index >= 15 is 0 Å². The average Bonchev–Trinajstić information content (AvgIpc) is 2.19. The lowest BCUT2D eigenvalue weighted by atomic mass is 10.1. The topological polar surface area (TPSA) is 29.1 Å². The Bertz CT molecular complexity index is 290. The Hall–Kier alpha value is -1.57.